The normalized spacial score (nSPS) is 19.8. The molecule has 0 spiro atoms. The van der Waals surface area contributed by atoms with E-state index in [2.05, 4.69) is 19.2 Å². The molecular formula is C52H99N3O9. The van der Waals surface area contributed by atoms with Crippen molar-refractivity contribution in [3.8, 4) is 0 Å². The zero-order valence-electron chi connectivity index (χ0n) is 41.2. The summed E-state index contributed by atoms with van der Waals surface area (Å²) in [7, 11) is 0. The van der Waals surface area contributed by atoms with Crippen LogP contribution in [0.2, 0.25) is 0 Å². The smallest absolute Gasteiger partial charge is 0.303 e. The molecule has 0 aromatic heterocycles. The van der Waals surface area contributed by atoms with Crippen molar-refractivity contribution in [2.75, 3.05) is 19.7 Å². The molecule has 1 fully saturated rings. The Morgan fingerprint density at radius 3 is 1.28 bits per heavy atom. The van der Waals surface area contributed by atoms with Gasteiger partial charge in [-0.25, -0.2) is 0 Å². The third-order valence-electron chi connectivity index (χ3n) is 13.3. The van der Waals surface area contributed by atoms with E-state index in [-0.39, 0.29) is 37.6 Å². The molecule has 1 saturated heterocycles. The monoisotopic (exact) mass is 910 g/mol. The molecule has 0 aromatic carbocycles. The van der Waals surface area contributed by atoms with Crippen molar-refractivity contribution in [3.63, 3.8) is 0 Å². The minimum atomic E-state index is -2.15. The van der Waals surface area contributed by atoms with E-state index in [0.29, 0.717) is 38.5 Å². The Labute approximate surface area is 390 Å². The molecule has 0 aromatic rings. The summed E-state index contributed by atoms with van der Waals surface area (Å²) >= 11 is 0. The summed E-state index contributed by atoms with van der Waals surface area (Å²) in [5.74, 6) is -5.96. The van der Waals surface area contributed by atoms with Crippen LogP contribution in [0.3, 0.4) is 0 Å². The van der Waals surface area contributed by atoms with Crippen LogP contribution in [0.1, 0.15) is 258 Å². The van der Waals surface area contributed by atoms with Crippen LogP contribution in [0.25, 0.3) is 0 Å². The van der Waals surface area contributed by atoms with Crippen LogP contribution in [-0.2, 0) is 23.9 Å². The Balaban J connectivity index is 2.79. The van der Waals surface area contributed by atoms with Crippen LogP contribution >= 0.6 is 0 Å². The van der Waals surface area contributed by atoms with Gasteiger partial charge in [-0.05, 0) is 25.7 Å². The van der Waals surface area contributed by atoms with E-state index >= 15 is 0 Å². The van der Waals surface area contributed by atoms with Gasteiger partial charge in [-0.15, -0.1) is 0 Å². The summed E-state index contributed by atoms with van der Waals surface area (Å²) in [6, 6.07) is 0. The average molecular weight is 910 g/mol. The lowest BCUT2D eigenvalue weighted by Gasteiger charge is -2.52. The summed E-state index contributed by atoms with van der Waals surface area (Å²) in [4.78, 5) is 52.9. The summed E-state index contributed by atoms with van der Waals surface area (Å²) in [6.45, 7) is 3.53. The maximum Gasteiger partial charge on any atom is 0.303 e. The SMILES string of the molecule is CCCCCCCCCCCCCCCCCCN(C(=O)CCCCCCCCCCCCCCCCC)[C@]1(N)O[C@H](CO)[C@@H](O)[C@H](O)[C@H]1C(=O)CNC(=O)CCCCCCC(=O)O. The van der Waals surface area contributed by atoms with Gasteiger partial charge in [-0.3, -0.25) is 24.9 Å². The number of hydrogen-bond acceptors (Lipinski definition) is 9. The maximum absolute atomic E-state index is 14.2. The summed E-state index contributed by atoms with van der Waals surface area (Å²) in [5, 5.41) is 43.9. The molecule has 1 aliphatic heterocycles. The number of ketones is 1. The molecule has 12 nitrogen and oxygen atoms in total. The molecule has 12 heteroatoms. The Hall–Kier alpha value is -2.12. The lowest BCUT2D eigenvalue weighted by atomic mass is 9.82. The van der Waals surface area contributed by atoms with E-state index in [0.717, 1.165) is 44.9 Å². The summed E-state index contributed by atoms with van der Waals surface area (Å²) in [5.41, 5.74) is 6.97. The van der Waals surface area contributed by atoms with E-state index in [9.17, 15) is 34.5 Å². The number of amides is 2. The van der Waals surface area contributed by atoms with E-state index in [1.165, 1.54) is 146 Å². The van der Waals surface area contributed by atoms with Gasteiger partial charge in [0.2, 0.25) is 17.7 Å². The van der Waals surface area contributed by atoms with Crippen LogP contribution in [-0.4, -0.2) is 92.8 Å². The quantitative estimate of drug-likeness (QED) is 0.0252. The van der Waals surface area contributed by atoms with Gasteiger partial charge in [0, 0.05) is 25.8 Å². The predicted molar refractivity (Wildman–Crippen MR) is 259 cm³/mol. The summed E-state index contributed by atoms with van der Waals surface area (Å²) in [6.07, 6.45) is 35.3. The first kappa shape index (κ1) is 59.9. The maximum atomic E-state index is 14.2. The van der Waals surface area contributed by atoms with Crippen LogP contribution < -0.4 is 11.1 Å². The second kappa shape index (κ2) is 40.0. The molecule has 1 rings (SSSR count). The van der Waals surface area contributed by atoms with Crippen molar-refractivity contribution in [2.24, 2.45) is 11.7 Å². The first-order valence-electron chi connectivity index (χ1n) is 26.8. The second-order valence-electron chi connectivity index (χ2n) is 19.1. The van der Waals surface area contributed by atoms with Gasteiger partial charge in [-0.1, -0.05) is 213 Å². The van der Waals surface area contributed by atoms with E-state index in [1.54, 1.807) is 0 Å². The van der Waals surface area contributed by atoms with Gasteiger partial charge in [0.15, 0.2) is 5.78 Å². The average Bonchev–Trinajstić information content (AvgIpc) is 3.27. The van der Waals surface area contributed by atoms with E-state index < -0.39 is 55.0 Å². The minimum Gasteiger partial charge on any atom is -0.481 e. The van der Waals surface area contributed by atoms with Crippen molar-refractivity contribution in [2.45, 2.75) is 282 Å². The van der Waals surface area contributed by atoms with Gasteiger partial charge >= 0.3 is 5.97 Å². The molecule has 0 radical (unpaired) electrons. The Kier molecular flexibility index (Phi) is 37.4. The standard InChI is InChI=1S/C52H99N3O9/c1-3-5-7-9-11-13-15-17-19-21-23-25-27-29-33-37-41-55(47(59)39-35-30-28-26-24-22-20-18-16-14-12-10-8-6-4-2)52(53)49(51(63)50(62)45(43-56)64-52)44(57)42-54-46(58)38-34-31-32-36-40-48(60)61/h45,49-51,56,62-63H,3-43,53H2,1-2H3,(H,54,58)(H,60,61)/t45-,49-,50-,51-,52+/m1/s1. The zero-order chi connectivity index (χ0) is 47.1. The van der Waals surface area contributed by atoms with Crippen molar-refractivity contribution < 1.29 is 44.3 Å². The zero-order valence-corrected chi connectivity index (χ0v) is 41.2. The largest absolute Gasteiger partial charge is 0.481 e. The Morgan fingerprint density at radius 1 is 0.531 bits per heavy atom. The highest BCUT2D eigenvalue weighted by Crippen LogP contribution is 2.36. The van der Waals surface area contributed by atoms with E-state index in [1.807, 2.05) is 0 Å². The molecule has 0 unspecified atom stereocenters. The fourth-order valence-electron chi connectivity index (χ4n) is 9.24. The van der Waals surface area contributed by atoms with Gasteiger partial charge in [-0.2, -0.15) is 0 Å². The summed E-state index contributed by atoms with van der Waals surface area (Å²) < 4.78 is 6.10. The van der Waals surface area contributed by atoms with Crippen LogP contribution in [0, 0.1) is 5.92 Å². The lowest BCUT2D eigenvalue weighted by molar-refractivity contribution is -0.291. The molecule has 5 atom stereocenters. The number of hydrogen-bond donors (Lipinski definition) is 6. The predicted octanol–water partition coefficient (Wildman–Crippen LogP) is 10.8. The highest BCUT2D eigenvalue weighted by atomic mass is 16.6. The molecule has 376 valence electrons. The number of aliphatic hydroxyl groups excluding tert-OH is 3. The molecule has 0 aliphatic carbocycles. The van der Waals surface area contributed by atoms with Gasteiger partial charge in [0.1, 0.15) is 18.1 Å². The fourth-order valence-corrected chi connectivity index (χ4v) is 9.24. The number of aliphatic carboxylic acids is 1. The molecule has 64 heavy (non-hydrogen) atoms. The highest BCUT2D eigenvalue weighted by Gasteiger charge is 2.58. The molecule has 1 aliphatic rings. The molecule has 0 bridgehead atoms. The molecule has 2 amide bonds. The number of carbonyl (C=O) groups is 4. The third kappa shape index (κ3) is 28.1. The highest BCUT2D eigenvalue weighted by molar-refractivity contribution is 5.89. The number of unbranched alkanes of at least 4 members (excludes halogenated alkanes) is 32. The number of nitrogens with two attached hydrogens (primary N) is 1. The molecular weight excluding hydrogens is 811 g/mol. The molecule has 1 heterocycles. The molecule has 0 saturated carbocycles. The van der Waals surface area contributed by atoms with Crippen LogP contribution in [0.5, 0.6) is 0 Å². The number of carbonyl (C=O) groups excluding carboxylic acids is 3. The van der Waals surface area contributed by atoms with Crippen LogP contribution in [0.4, 0.5) is 0 Å². The minimum absolute atomic E-state index is 0.0782. The van der Waals surface area contributed by atoms with Crippen molar-refractivity contribution in [1.82, 2.24) is 10.2 Å². The first-order valence-corrected chi connectivity index (χ1v) is 26.8. The van der Waals surface area contributed by atoms with E-state index in [4.69, 9.17) is 15.6 Å². The van der Waals surface area contributed by atoms with Gasteiger partial charge in [0.05, 0.1) is 19.3 Å². The number of ether oxygens (including phenoxy) is 1. The fraction of sp³-hybridized carbons (Fsp3) is 0.923. The Morgan fingerprint density at radius 2 is 0.891 bits per heavy atom. The van der Waals surface area contributed by atoms with Crippen molar-refractivity contribution in [3.05, 3.63) is 0 Å². The number of carboxylic acids is 1. The number of nitrogens with zero attached hydrogens (tertiary/aromatic N) is 1. The number of rotatable bonds is 45. The van der Waals surface area contributed by atoms with Crippen molar-refractivity contribution >= 4 is 23.6 Å². The first-order chi connectivity index (χ1) is 31.0. The second-order valence-corrected chi connectivity index (χ2v) is 19.1. The number of carboxylic acid groups (broad SMARTS) is 1. The number of Topliss-reactive ketones (excluding diaryl/α,β-unsaturated/α-hetero) is 1. The van der Waals surface area contributed by atoms with Crippen LogP contribution in [0.15, 0.2) is 0 Å². The Bertz CT molecular complexity index is 1180. The molecule has 7 N–H and O–H groups in total. The lowest BCUT2D eigenvalue weighted by Crippen LogP contribution is -2.75. The van der Waals surface area contributed by atoms with Crippen molar-refractivity contribution in [1.29, 1.82) is 0 Å². The van der Waals surface area contributed by atoms with Gasteiger partial charge < -0.3 is 35.4 Å². The number of aliphatic hydroxyl groups is 3. The van der Waals surface area contributed by atoms with Gasteiger partial charge in [0.25, 0.3) is 0 Å². The topological polar surface area (TPSA) is 200 Å². The third-order valence-corrected chi connectivity index (χ3v) is 13.3. The number of nitrogens with one attached hydrogen (secondary N) is 1.